The van der Waals surface area contributed by atoms with Crippen LogP contribution in [0.5, 0.6) is 0 Å². The molecule has 1 aromatic carbocycles. The molecule has 0 aromatic heterocycles. The van der Waals surface area contributed by atoms with Crippen LogP contribution in [0.4, 0.5) is 0 Å². The van der Waals surface area contributed by atoms with Crippen molar-refractivity contribution in [3.8, 4) is 0 Å². The predicted octanol–water partition coefficient (Wildman–Crippen LogP) is 2.90. The number of benzene rings is 1. The van der Waals surface area contributed by atoms with Crippen molar-refractivity contribution < 1.29 is 8.42 Å². The highest BCUT2D eigenvalue weighted by Crippen LogP contribution is 2.34. The summed E-state index contributed by atoms with van der Waals surface area (Å²) in [6.07, 6.45) is 3.03. The topological polar surface area (TPSA) is 61.8 Å². The molecule has 0 spiro atoms. The molecule has 2 aliphatic heterocycles. The van der Waals surface area contributed by atoms with E-state index in [1.165, 1.54) is 5.56 Å². The van der Waals surface area contributed by atoms with Crippen LogP contribution in [0.1, 0.15) is 44.6 Å². The highest BCUT2D eigenvalue weighted by Gasteiger charge is 2.31. The number of guanidine groups is 1. The second kappa shape index (κ2) is 9.09. The molecule has 3 atom stereocenters. The van der Waals surface area contributed by atoms with E-state index in [9.17, 15) is 8.42 Å². The molecule has 150 valence electrons. The summed E-state index contributed by atoms with van der Waals surface area (Å²) in [5.41, 5.74) is 1.45. The average Bonchev–Trinajstić information content (AvgIpc) is 3.04. The minimum Gasteiger partial charge on any atom is -0.357 e. The maximum atomic E-state index is 11.7. The van der Waals surface area contributed by atoms with Gasteiger partial charge in [0.2, 0.25) is 0 Å². The van der Waals surface area contributed by atoms with Crippen molar-refractivity contribution in [1.29, 1.82) is 0 Å². The van der Waals surface area contributed by atoms with E-state index in [0.717, 1.165) is 44.9 Å². The van der Waals surface area contributed by atoms with Crippen LogP contribution in [0.15, 0.2) is 35.3 Å². The van der Waals surface area contributed by atoms with E-state index in [0.29, 0.717) is 29.9 Å². The molecule has 3 unspecified atom stereocenters. The fourth-order valence-electron chi connectivity index (χ4n) is 4.43. The van der Waals surface area contributed by atoms with Crippen molar-refractivity contribution in [1.82, 2.24) is 10.2 Å². The fourth-order valence-corrected chi connectivity index (χ4v) is 6.28. The maximum absolute atomic E-state index is 11.7. The van der Waals surface area contributed by atoms with Crippen molar-refractivity contribution in [3.05, 3.63) is 35.9 Å². The molecular formula is C21H33N3O2S. The smallest absolute Gasteiger partial charge is 0.193 e. The number of nitrogens with one attached hydrogen (secondary N) is 1. The molecule has 1 aromatic rings. The number of sulfone groups is 1. The lowest BCUT2D eigenvalue weighted by molar-refractivity contribution is 0.215. The molecule has 0 radical (unpaired) electrons. The van der Waals surface area contributed by atoms with Gasteiger partial charge in [0.15, 0.2) is 15.8 Å². The van der Waals surface area contributed by atoms with E-state index < -0.39 is 9.84 Å². The summed E-state index contributed by atoms with van der Waals surface area (Å²) in [5, 5.41) is 3.42. The highest BCUT2D eigenvalue weighted by molar-refractivity contribution is 7.91. The Hall–Kier alpha value is -1.56. The van der Waals surface area contributed by atoms with Crippen LogP contribution in [-0.2, 0) is 9.84 Å². The Morgan fingerprint density at radius 1 is 1.22 bits per heavy atom. The summed E-state index contributed by atoms with van der Waals surface area (Å²) < 4.78 is 23.4. The van der Waals surface area contributed by atoms with Crippen molar-refractivity contribution in [2.75, 3.05) is 37.7 Å². The Kier molecular flexibility index (Phi) is 6.79. The van der Waals surface area contributed by atoms with Crippen molar-refractivity contribution in [2.24, 2.45) is 16.8 Å². The molecule has 0 aliphatic carbocycles. The standard InChI is InChI=1S/C21H33N3O2S/c1-3-18-15-24(12-10-20(18)19-8-6-5-7-9-19)21(22-4-2)23-14-17-11-13-27(25,26)16-17/h5-9,17-18,20H,3-4,10-16H2,1-2H3,(H,22,23). The maximum Gasteiger partial charge on any atom is 0.193 e. The normalized spacial score (nSPS) is 28.3. The second-order valence-electron chi connectivity index (χ2n) is 7.88. The third-order valence-electron chi connectivity index (χ3n) is 5.95. The molecule has 2 saturated heterocycles. The number of hydrogen-bond acceptors (Lipinski definition) is 3. The molecule has 0 saturated carbocycles. The first-order valence-electron chi connectivity index (χ1n) is 10.3. The van der Waals surface area contributed by atoms with E-state index >= 15 is 0 Å². The first-order chi connectivity index (χ1) is 13.0. The molecule has 5 nitrogen and oxygen atoms in total. The van der Waals surface area contributed by atoms with Gasteiger partial charge in [0, 0.05) is 26.2 Å². The highest BCUT2D eigenvalue weighted by atomic mass is 32.2. The lowest BCUT2D eigenvalue weighted by Crippen LogP contribution is -2.48. The van der Waals surface area contributed by atoms with Crippen LogP contribution in [0, 0.1) is 11.8 Å². The van der Waals surface area contributed by atoms with Crippen LogP contribution in [0.25, 0.3) is 0 Å². The lowest BCUT2D eigenvalue weighted by atomic mass is 9.79. The summed E-state index contributed by atoms with van der Waals surface area (Å²) >= 11 is 0. The van der Waals surface area contributed by atoms with Crippen LogP contribution < -0.4 is 5.32 Å². The van der Waals surface area contributed by atoms with E-state index in [1.807, 2.05) is 0 Å². The van der Waals surface area contributed by atoms with Gasteiger partial charge in [0.1, 0.15) is 0 Å². The molecule has 0 amide bonds. The van der Waals surface area contributed by atoms with Gasteiger partial charge in [0.05, 0.1) is 11.5 Å². The molecular weight excluding hydrogens is 358 g/mol. The van der Waals surface area contributed by atoms with Crippen LogP contribution in [0.3, 0.4) is 0 Å². The zero-order valence-corrected chi connectivity index (χ0v) is 17.4. The number of aliphatic imine (C=N–C) groups is 1. The zero-order chi connectivity index (χ0) is 19.3. The molecule has 2 heterocycles. The molecule has 27 heavy (non-hydrogen) atoms. The molecule has 6 heteroatoms. The van der Waals surface area contributed by atoms with Crippen molar-refractivity contribution >= 4 is 15.8 Å². The van der Waals surface area contributed by atoms with Gasteiger partial charge in [0.25, 0.3) is 0 Å². The van der Waals surface area contributed by atoms with Gasteiger partial charge >= 0.3 is 0 Å². The van der Waals surface area contributed by atoms with E-state index in [2.05, 4.69) is 54.4 Å². The van der Waals surface area contributed by atoms with Crippen LogP contribution in [-0.4, -0.2) is 57.0 Å². The fraction of sp³-hybridized carbons (Fsp3) is 0.667. The zero-order valence-electron chi connectivity index (χ0n) is 16.6. The van der Waals surface area contributed by atoms with Crippen LogP contribution in [0.2, 0.25) is 0 Å². The Morgan fingerprint density at radius 3 is 2.63 bits per heavy atom. The van der Waals surface area contributed by atoms with E-state index in [4.69, 9.17) is 4.99 Å². The summed E-state index contributed by atoms with van der Waals surface area (Å²) in [6, 6.07) is 10.9. The summed E-state index contributed by atoms with van der Waals surface area (Å²) in [7, 11) is -2.83. The molecule has 0 bridgehead atoms. The molecule has 2 fully saturated rings. The van der Waals surface area contributed by atoms with Gasteiger partial charge in [-0.3, -0.25) is 4.99 Å². The number of rotatable bonds is 5. The predicted molar refractivity (Wildman–Crippen MR) is 112 cm³/mol. The third kappa shape index (κ3) is 5.24. The first kappa shape index (κ1) is 20.2. The number of piperidine rings is 1. The van der Waals surface area contributed by atoms with E-state index in [1.54, 1.807) is 0 Å². The van der Waals surface area contributed by atoms with Crippen molar-refractivity contribution in [3.63, 3.8) is 0 Å². The SMILES string of the molecule is CCNC(=NCC1CCS(=O)(=O)C1)N1CCC(c2ccccc2)C(CC)C1. The molecule has 2 aliphatic rings. The van der Waals surface area contributed by atoms with Gasteiger partial charge < -0.3 is 10.2 Å². The number of likely N-dealkylation sites (tertiary alicyclic amines) is 1. The summed E-state index contributed by atoms with van der Waals surface area (Å²) in [5.74, 6) is 2.96. The van der Waals surface area contributed by atoms with Crippen LogP contribution >= 0.6 is 0 Å². The third-order valence-corrected chi connectivity index (χ3v) is 7.78. The van der Waals surface area contributed by atoms with Gasteiger partial charge in [-0.2, -0.15) is 0 Å². The van der Waals surface area contributed by atoms with Crippen molar-refractivity contribution in [2.45, 2.75) is 39.0 Å². The first-order valence-corrected chi connectivity index (χ1v) is 12.1. The Morgan fingerprint density at radius 2 is 2.00 bits per heavy atom. The quantitative estimate of drug-likeness (QED) is 0.619. The largest absolute Gasteiger partial charge is 0.357 e. The summed E-state index contributed by atoms with van der Waals surface area (Å²) in [6.45, 7) is 7.80. The Balaban J connectivity index is 1.66. The summed E-state index contributed by atoms with van der Waals surface area (Å²) in [4.78, 5) is 7.19. The molecule has 3 rings (SSSR count). The monoisotopic (exact) mass is 391 g/mol. The van der Waals surface area contributed by atoms with Gasteiger partial charge in [-0.1, -0.05) is 43.7 Å². The lowest BCUT2D eigenvalue weighted by Gasteiger charge is -2.40. The Bertz CT molecular complexity index is 733. The average molecular weight is 392 g/mol. The second-order valence-corrected chi connectivity index (χ2v) is 10.1. The molecule has 1 N–H and O–H groups in total. The number of nitrogens with zero attached hydrogens (tertiary/aromatic N) is 2. The van der Waals surface area contributed by atoms with Gasteiger partial charge in [-0.15, -0.1) is 0 Å². The number of hydrogen-bond donors (Lipinski definition) is 1. The Labute approximate surface area is 164 Å². The minimum atomic E-state index is -2.83. The van der Waals surface area contributed by atoms with Gasteiger partial charge in [-0.05, 0) is 43.1 Å². The van der Waals surface area contributed by atoms with E-state index in [-0.39, 0.29) is 5.92 Å². The van der Waals surface area contributed by atoms with Gasteiger partial charge in [-0.25, -0.2) is 8.42 Å². The minimum absolute atomic E-state index is 0.174.